The molecule has 1 amide bonds. The van der Waals surface area contributed by atoms with E-state index in [1.165, 1.54) is 47.6 Å². The zero-order chi connectivity index (χ0) is 22.1. The van der Waals surface area contributed by atoms with Crippen LogP contribution in [0.25, 0.3) is 5.65 Å². The molecule has 0 unspecified atom stereocenters. The van der Waals surface area contributed by atoms with Gasteiger partial charge in [0, 0.05) is 30.7 Å². The van der Waals surface area contributed by atoms with Crippen molar-refractivity contribution in [2.24, 2.45) is 0 Å². The fourth-order valence-corrected chi connectivity index (χ4v) is 3.65. The van der Waals surface area contributed by atoms with Crippen LogP contribution < -0.4 is 16.2 Å². The first kappa shape index (κ1) is 20.2. The highest BCUT2D eigenvalue weighted by Crippen LogP contribution is 2.39. The molecule has 0 saturated heterocycles. The predicted molar refractivity (Wildman–Crippen MR) is 121 cm³/mol. The molecule has 1 aliphatic rings. The van der Waals surface area contributed by atoms with Crippen LogP contribution in [0, 0.1) is 0 Å². The number of carbonyl (C=O) groups excluding carboxylic acids is 1. The summed E-state index contributed by atoms with van der Waals surface area (Å²) < 4.78 is 3.28. The van der Waals surface area contributed by atoms with E-state index >= 15 is 0 Å². The summed E-state index contributed by atoms with van der Waals surface area (Å²) in [7, 11) is 0. The Morgan fingerprint density at radius 3 is 2.78 bits per heavy atom. The number of carbonyl (C=O) groups is 1. The zero-order valence-electron chi connectivity index (χ0n) is 17.0. The Bertz CT molecular complexity index is 1360. The van der Waals surface area contributed by atoms with Crippen molar-refractivity contribution >= 4 is 34.8 Å². The van der Waals surface area contributed by atoms with Gasteiger partial charge in [0.15, 0.2) is 0 Å². The summed E-state index contributed by atoms with van der Waals surface area (Å²) in [6, 6.07) is 8.61. The van der Waals surface area contributed by atoms with E-state index < -0.39 is 5.91 Å². The lowest BCUT2D eigenvalue weighted by Gasteiger charge is -2.08. The van der Waals surface area contributed by atoms with E-state index in [0.29, 0.717) is 29.1 Å². The predicted octanol–water partition coefficient (Wildman–Crippen LogP) is 3.07. The van der Waals surface area contributed by atoms with Crippen molar-refractivity contribution in [1.29, 1.82) is 0 Å². The van der Waals surface area contributed by atoms with Gasteiger partial charge in [0.1, 0.15) is 30.2 Å². The summed E-state index contributed by atoms with van der Waals surface area (Å²) in [4.78, 5) is 37.0. The molecule has 0 bridgehead atoms. The van der Waals surface area contributed by atoms with Crippen LogP contribution in [-0.4, -0.2) is 29.8 Å². The lowest BCUT2D eigenvalue weighted by atomic mass is 10.2. The maximum Gasteiger partial charge on any atom is 0.251 e. The Kier molecular flexibility index (Phi) is 5.32. The summed E-state index contributed by atoms with van der Waals surface area (Å²) in [5.41, 5.74) is 2.82. The second-order valence-corrected chi connectivity index (χ2v) is 8.17. The van der Waals surface area contributed by atoms with Gasteiger partial charge in [0.25, 0.3) is 5.56 Å². The molecule has 4 heterocycles. The van der Waals surface area contributed by atoms with Crippen molar-refractivity contribution in [1.82, 2.24) is 23.9 Å². The van der Waals surface area contributed by atoms with Gasteiger partial charge in [0.2, 0.25) is 5.91 Å². The van der Waals surface area contributed by atoms with Crippen LogP contribution >= 0.6 is 11.6 Å². The lowest BCUT2D eigenvalue weighted by Crippen LogP contribution is -2.27. The second kappa shape index (κ2) is 8.43. The number of hydrogen-bond donors (Lipinski definition) is 2. The number of halogens is 1. The van der Waals surface area contributed by atoms with Gasteiger partial charge in [-0.05, 0) is 36.5 Å². The fraction of sp³-hybridized carbons (Fsp3) is 0.227. The molecule has 0 radical (unpaired) electrons. The van der Waals surface area contributed by atoms with Crippen molar-refractivity contribution in [3.8, 4) is 0 Å². The SMILES string of the molecule is O=C(Cn1cc(Cl)ccc1=O)Nc1cc(NCc2cn3cc(C4CC4)ccc3n2)ncn1. The van der Waals surface area contributed by atoms with Gasteiger partial charge in [-0.3, -0.25) is 9.59 Å². The van der Waals surface area contributed by atoms with Gasteiger partial charge in [-0.25, -0.2) is 15.0 Å². The number of hydrogen-bond acceptors (Lipinski definition) is 6. The average molecular weight is 450 g/mol. The summed E-state index contributed by atoms with van der Waals surface area (Å²) in [6.45, 7) is 0.305. The number of anilines is 2. The Hall–Kier alpha value is -3.72. The number of nitrogens with zero attached hydrogens (tertiary/aromatic N) is 5. The molecule has 4 aromatic heterocycles. The normalized spacial score (nSPS) is 13.3. The van der Waals surface area contributed by atoms with Gasteiger partial charge in [-0.1, -0.05) is 17.7 Å². The molecular weight excluding hydrogens is 430 g/mol. The van der Waals surface area contributed by atoms with E-state index in [1.54, 1.807) is 6.07 Å². The van der Waals surface area contributed by atoms with Crippen LogP contribution in [0.4, 0.5) is 11.6 Å². The van der Waals surface area contributed by atoms with E-state index in [0.717, 1.165) is 11.3 Å². The van der Waals surface area contributed by atoms with Crippen molar-refractivity contribution in [2.75, 3.05) is 10.6 Å². The highest BCUT2D eigenvalue weighted by molar-refractivity contribution is 6.30. The number of imidazole rings is 1. The quantitative estimate of drug-likeness (QED) is 0.449. The highest BCUT2D eigenvalue weighted by Gasteiger charge is 2.23. The average Bonchev–Trinajstić information content (AvgIpc) is 3.54. The molecular formula is C22H20ClN7O2. The van der Waals surface area contributed by atoms with Gasteiger partial charge < -0.3 is 19.6 Å². The third kappa shape index (κ3) is 4.62. The first-order valence-corrected chi connectivity index (χ1v) is 10.6. The fourth-order valence-electron chi connectivity index (χ4n) is 3.47. The van der Waals surface area contributed by atoms with Crippen LogP contribution in [-0.2, 0) is 17.9 Å². The van der Waals surface area contributed by atoms with E-state index in [9.17, 15) is 9.59 Å². The summed E-state index contributed by atoms with van der Waals surface area (Å²) in [5, 5.41) is 6.24. The van der Waals surface area contributed by atoms with Crippen LogP contribution in [0.5, 0.6) is 0 Å². The number of rotatable bonds is 7. The number of nitrogens with one attached hydrogen (secondary N) is 2. The molecule has 0 atom stereocenters. The van der Waals surface area contributed by atoms with Crippen LogP contribution in [0.1, 0.15) is 30.0 Å². The molecule has 4 aromatic rings. The van der Waals surface area contributed by atoms with Gasteiger partial charge in [0.05, 0.1) is 17.3 Å². The second-order valence-electron chi connectivity index (χ2n) is 7.74. The van der Waals surface area contributed by atoms with Crippen molar-refractivity contribution in [3.63, 3.8) is 0 Å². The molecule has 1 fully saturated rings. The molecule has 0 spiro atoms. The van der Waals surface area contributed by atoms with E-state index in [2.05, 4.69) is 37.8 Å². The molecule has 2 N–H and O–H groups in total. The minimum Gasteiger partial charge on any atom is -0.364 e. The Labute approximate surface area is 188 Å². The largest absolute Gasteiger partial charge is 0.364 e. The molecule has 0 aliphatic heterocycles. The number of pyridine rings is 2. The topological polar surface area (TPSA) is 106 Å². The van der Waals surface area contributed by atoms with Crippen molar-refractivity contribution in [2.45, 2.75) is 31.8 Å². The molecule has 32 heavy (non-hydrogen) atoms. The molecule has 0 aromatic carbocycles. The minimum absolute atomic E-state index is 0.170. The number of fused-ring (bicyclic) bond motifs is 1. The Balaban J connectivity index is 1.22. The third-order valence-electron chi connectivity index (χ3n) is 5.22. The monoisotopic (exact) mass is 449 g/mol. The number of aromatic nitrogens is 5. The summed E-state index contributed by atoms with van der Waals surface area (Å²) in [5.74, 6) is 1.17. The maximum atomic E-state index is 12.3. The van der Waals surface area contributed by atoms with E-state index in [-0.39, 0.29) is 12.1 Å². The van der Waals surface area contributed by atoms with E-state index in [4.69, 9.17) is 11.6 Å². The smallest absolute Gasteiger partial charge is 0.251 e. The molecule has 1 aliphatic carbocycles. The van der Waals surface area contributed by atoms with E-state index in [1.807, 2.05) is 16.7 Å². The molecule has 1 saturated carbocycles. The molecule has 9 nitrogen and oxygen atoms in total. The zero-order valence-corrected chi connectivity index (χ0v) is 17.8. The van der Waals surface area contributed by atoms with Crippen molar-refractivity contribution in [3.05, 3.63) is 81.9 Å². The molecule has 10 heteroatoms. The summed E-state index contributed by atoms with van der Waals surface area (Å²) >= 11 is 5.89. The molecule has 162 valence electrons. The van der Waals surface area contributed by atoms with Crippen molar-refractivity contribution < 1.29 is 4.79 Å². The van der Waals surface area contributed by atoms with Crippen LogP contribution in [0.15, 0.2) is 60.0 Å². The minimum atomic E-state index is -0.397. The number of amides is 1. The van der Waals surface area contributed by atoms with Crippen LogP contribution in [0.3, 0.4) is 0 Å². The first-order chi connectivity index (χ1) is 15.5. The Morgan fingerprint density at radius 2 is 1.94 bits per heavy atom. The third-order valence-corrected chi connectivity index (χ3v) is 5.44. The van der Waals surface area contributed by atoms with Gasteiger partial charge in [-0.2, -0.15) is 0 Å². The lowest BCUT2D eigenvalue weighted by molar-refractivity contribution is -0.116. The molecule has 5 rings (SSSR count). The van der Waals surface area contributed by atoms with Crippen LogP contribution in [0.2, 0.25) is 5.02 Å². The maximum absolute atomic E-state index is 12.3. The Morgan fingerprint density at radius 1 is 1.09 bits per heavy atom. The highest BCUT2D eigenvalue weighted by atomic mass is 35.5. The first-order valence-electron chi connectivity index (χ1n) is 10.2. The van der Waals surface area contributed by atoms with Gasteiger partial charge in [-0.15, -0.1) is 0 Å². The van der Waals surface area contributed by atoms with Gasteiger partial charge >= 0.3 is 0 Å². The standard InChI is InChI=1S/C22H20ClN7O2/c23-16-4-6-22(32)30(10-16)12-21(31)28-19-7-18(25-13-26-19)24-8-17-11-29-9-15(14-1-2-14)3-5-20(29)27-17/h3-7,9-11,13-14H,1-2,8,12H2,(H2,24,25,26,28,31). The summed E-state index contributed by atoms with van der Waals surface area (Å²) in [6.07, 6.45) is 9.44.